The number of nitrogen functional groups attached to an aromatic ring is 1. The van der Waals surface area contributed by atoms with Crippen LogP contribution >= 0.6 is 11.6 Å². The van der Waals surface area contributed by atoms with Crippen molar-refractivity contribution in [2.24, 2.45) is 0 Å². The van der Waals surface area contributed by atoms with Gasteiger partial charge in [-0.25, -0.2) is 4.98 Å². The molecule has 2 heterocycles. The monoisotopic (exact) mass is 414 g/mol. The van der Waals surface area contributed by atoms with E-state index >= 15 is 0 Å². The Labute approximate surface area is 174 Å². The van der Waals surface area contributed by atoms with Crippen LogP contribution in [-0.2, 0) is 5.60 Å². The summed E-state index contributed by atoms with van der Waals surface area (Å²) in [6.45, 7) is 1.17. The van der Waals surface area contributed by atoms with Crippen molar-refractivity contribution in [2.45, 2.75) is 18.4 Å². The number of anilines is 2. The average Bonchev–Trinajstić information content (AvgIpc) is 2.73. The molecule has 0 aliphatic carbocycles. The lowest BCUT2D eigenvalue weighted by Crippen LogP contribution is -2.43. The van der Waals surface area contributed by atoms with Gasteiger partial charge >= 0.3 is 0 Å². The van der Waals surface area contributed by atoms with Crippen LogP contribution in [0.1, 0.15) is 18.4 Å². The van der Waals surface area contributed by atoms with Crippen LogP contribution in [-0.4, -0.2) is 42.4 Å². The van der Waals surface area contributed by atoms with Gasteiger partial charge in [-0.05, 0) is 25.0 Å². The van der Waals surface area contributed by atoms with E-state index in [1.165, 1.54) is 0 Å². The summed E-state index contributed by atoms with van der Waals surface area (Å²) in [5.41, 5.74) is 6.68. The summed E-state index contributed by atoms with van der Waals surface area (Å²) >= 11 is 6.30. The van der Waals surface area contributed by atoms with Gasteiger partial charge in [0, 0.05) is 35.1 Å². The first kappa shape index (κ1) is 19.5. The Kier molecular flexibility index (Phi) is 5.10. The molecule has 3 N–H and O–H groups in total. The van der Waals surface area contributed by atoms with Crippen molar-refractivity contribution in [2.75, 3.05) is 37.9 Å². The molecule has 0 amide bonds. The van der Waals surface area contributed by atoms with Gasteiger partial charge in [-0.1, -0.05) is 29.8 Å². The van der Waals surface area contributed by atoms with E-state index in [9.17, 15) is 5.11 Å². The van der Waals surface area contributed by atoms with Crippen LogP contribution < -0.4 is 20.1 Å². The molecule has 0 bridgehead atoms. The first-order valence-corrected chi connectivity index (χ1v) is 9.74. The van der Waals surface area contributed by atoms with Crippen LogP contribution in [0.4, 0.5) is 11.8 Å². The maximum absolute atomic E-state index is 11.1. The third kappa shape index (κ3) is 3.52. The number of aromatic nitrogens is 2. The summed E-state index contributed by atoms with van der Waals surface area (Å²) in [5, 5.41) is 12.4. The molecule has 8 heteroatoms. The van der Waals surface area contributed by atoms with Gasteiger partial charge in [0.05, 0.1) is 25.3 Å². The van der Waals surface area contributed by atoms with Gasteiger partial charge in [0.2, 0.25) is 5.95 Å². The Hall–Kier alpha value is -2.77. The van der Waals surface area contributed by atoms with E-state index < -0.39 is 5.60 Å². The van der Waals surface area contributed by atoms with Gasteiger partial charge in [0.1, 0.15) is 5.82 Å². The van der Waals surface area contributed by atoms with Crippen molar-refractivity contribution >= 4 is 34.3 Å². The van der Waals surface area contributed by atoms with Crippen molar-refractivity contribution in [3.8, 4) is 11.5 Å². The highest BCUT2D eigenvalue weighted by atomic mass is 35.5. The molecule has 1 aromatic heterocycles. The normalized spacial score (nSPS) is 16.1. The summed E-state index contributed by atoms with van der Waals surface area (Å²) in [4.78, 5) is 11.2. The molecular formula is C21H23ClN4O3. The number of nitrogens with two attached hydrogens (primary N) is 1. The molecule has 2 aromatic carbocycles. The number of piperidine rings is 1. The molecule has 0 saturated carbocycles. The van der Waals surface area contributed by atoms with E-state index in [1.807, 2.05) is 23.1 Å². The molecule has 1 fully saturated rings. The largest absolute Gasteiger partial charge is 0.493 e. The molecule has 152 valence electrons. The van der Waals surface area contributed by atoms with Crippen molar-refractivity contribution < 1.29 is 14.6 Å². The summed E-state index contributed by atoms with van der Waals surface area (Å²) in [6, 6.07) is 11.0. The summed E-state index contributed by atoms with van der Waals surface area (Å²) in [6.07, 6.45) is 1.04. The third-order valence-corrected chi connectivity index (χ3v) is 5.80. The maximum Gasteiger partial charge on any atom is 0.227 e. The van der Waals surface area contributed by atoms with Crippen LogP contribution in [0.15, 0.2) is 36.4 Å². The topological polar surface area (TPSA) is 93.7 Å². The minimum Gasteiger partial charge on any atom is -0.493 e. The molecule has 3 aromatic rings. The zero-order chi connectivity index (χ0) is 20.6. The van der Waals surface area contributed by atoms with E-state index in [0.717, 1.165) is 5.56 Å². The lowest BCUT2D eigenvalue weighted by molar-refractivity contribution is 0.0116. The molecule has 1 aliphatic heterocycles. The highest BCUT2D eigenvalue weighted by Gasteiger charge is 2.36. The minimum atomic E-state index is -0.964. The van der Waals surface area contributed by atoms with Crippen molar-refractivity contribution in [3.63, 3.8) is 0 Å². The molecule has 7 nitrogen and oxygen atoms in total. The quantitative estimate of drug-likeness (QED) is 0.675. The first-order chi connectivity index (χ1) is 13.9. The van der Waals surface area contributed by atoms with E-state index in [4.69, 9.17) is 26.8 Å². The number of methoxy groups -OCH3 is 2. The predicted octanol–water partition coefficient (Wildman–Crippen LogP) is 3.37. The van der Waals surface area contributed by atoms with Crippen molar-refractivity contribution in [3.05, 3.63) is 47.0 Å². The molecule has 0 spiro atoms. The maximum atomic E-state index is 11.1. The fraction of sp³-hybridized carbons (Fsp3) is 0.333. The van der Waals surface area contributed by atoms with Crippen LogP contribution in [0, 0.1) is 0 Å². The minimum absolute atomic E-state index is 0.373. The number of benzene rings is 2. The zero-order valence-electron chi connectivity index (χ0n) is 16.4. The van der Waals surface area contributed by atoms with Crippen molar-refractivity contribution in [1.82, 2.24) is 9.97 Å². The highest BCUT2D eigenvalue weighted by molar-refractivity contribution is 6.31. The van der Waals surface area contributed by atoms with Gasteiger partial charge in [-0.3, -0.25) is 0 Å². The van der Waals surface area contributed by atoms with Gasteiger partial charge in [-0.15, -0.1) is 0 Å². The van der Waals surface area contributed by atoms with E-state index in [1.54, 1.807) is 32.4 Å². The number of halogens is 1. The number of aliphatic hydroxyl groups is 1. The number of fused-ring (bicyclic) bond motifs is 1. The fourth-order valence-corrected chi connectivity index (χ4v) is 4.10. The third-order valence-electron chi connectivity index (χ3n) is 5.47. The molecular weight excluding hydrogens is 392 g/mol. The zero-order valence-corrected chi connectivity index (χ0v) is 17.1. The smallest absolute Gasteiger partial charge is 0.227 e. The Balaban J connectivity index is 1.62. The Bertz CT molecular complexity index is 1050. The average molecular weight is 415 g/mol. The fourth-order valence-electron chi connectivity index (χ4n) is 3.79. The van der Waals surface area contributed by atoms with Crippen LogP contribution in [0.5, 0.6) is 11.5 Å². The number of nitrogens with zero attached hydrogens (tertiary/aromatic N) is 3. The second-order valence-electron chi connectivity index (χ2n) is 7.13. The number of ether oxygens (including phenoxy) is 2. The second-order valence-corrected chi connectivity index (χ2v) is 7.54. The van der Waals surface area contributed by atoms with E-state index in [0.29, 0.717) is 65.1 Å². The lowest BCUT2D eigenvalue weighted by Gasteiger charge is -2.39. The molecule has 1 aliphatic rings. The molecule has 0 radical (unpaired) electrons. The van der Waals surface area contributed by atoms with Gasteiger partial charge < -0.3 is 25.2 Å². The van der Waals surface area contributed by atoms with Gasteiger partial charge in [0.25, 0.3) is 0 Å². The molecule has 0 atom stereocenters. The summed E-state index contributed by atoms with van der Waals surface area (Å²) < 4.78 is 10.7. The standard InChI is InChI=1S/C21H23ClN4O3/c1-28-17-11-13-16(12-18(17)29-2)24-20(25-19(13)23)26-9-7-21(27,8-10-26)14-5-3-4-6-15(14)22/h3-6,11-12,27H,7-10H2,1-2H3,(H2,23,24,25). The van der Waals surface area contributed by atoms with Crippen LogP contribution in [0.2, 0.25) is 5.02 Å². The summed E-state index contributed by atoms with van der Waals surface area (Å²) in [5.74, 6) is 2.06. The molecule has 0 unspecified atom stereocenters. The Morgan fingerprint density at radius 3 is 2.38 bits per heavy atom. The Morgan fingerprint density at radius 1 is 1.07 bits per heavy atom. The number of hydrogen-bond donors (Lipinski definition) is 2. The number of rotatable bonds is 4. The number of hydrogen-bond acceptors (Lipinski definition) is 7. The molecule has 1 saturated heterocycles. The first-order valence-electron chi connectivity index (χ1n) is 9.37. The van der Waals surface area contributed by atoms with Crippen molar-refractivity contribution in [1.29, 1.82) is 0 Å². The van der Waals surface area contributed by atoms with Crippen LogP contribution in [0.3, 0.4) is 0 Å². The Morgan fingerprint density at radius 2 is 1.72 bits per heavy atom. The second kappa shape index (κ2) is 7.57. The van der Waals surface area contributed by atoms with Gasteiger partial charge in [-0.2, -0.15) is 4.98 Å². The SMILES string of the molecule is COc1cc2nc(N3CCC(O)(c4ccccc4Cl)CC3)nc(N)c2cc1OC. The highest BCUT2D eigenvalue weighted by Crippen LogP contribution is 2.38. The lowest BCUT2D eigenvalue weighted by atomic mass is 9.84. The summed E-state index contributed by atoms with van der Waals surface area (Å²) in [7, 11) is 3.15. The van der Waals surface area contributed by atoms with E-state index in [2.05, 4.69) is 9.97 Å². The van der Waals surface area contributed by atoms with Crippen LogP contribution in [0.25, 0.3) is 10.9 Å². The molecule has 4 rings (SSSR count). The predicted molar refractivity (Wildman–Crippen MR) is 114 cm³/mol. The molecule has 29 heavy (non-hydrogen) atoms. The van der Waals surface area contributed by atoms with Gasteiger partial charge in [0.15, 0.2) is 11.5 Å². The van der Waals surface area contributed by atoms with E-state index in [-0.39, 0.29) is 0 Å².